The van der Waals surface area contributed by atoms with Gasteiger partial charge in [0.1, 0.15) is 0 Å². The molecule has 0 saturated carbocycles. The van der Waals surface area contributed by atoms with Gasteiger partial charge in [0.2, 0.25) is 0 Å². The molecule has 0 spiro atoms. The number of anilines is 3. The molecule has 246 valence electrons. The van der Waals surface area contributed by atoms with Crippen LogP contribution in [0, 0.1) is 0 Å². The van der Waals surface area contributed by atoms with Gasteiger partial charge in [0.05, 0.1) is 5.69 Å². The van der Waals surface area contributed by atoms with E-state index in [1.807, 2.05) is 18.5 Å². The number of benzene rings is 6. The molecule has 0 N–H and O–H groups in total. The fraction of sp³-hybridized carbons (Fsp3) is 0.0200. The van der Waals surface area contributed by atoms with Gasteiger partial charge < -0.3 is 4.90 Å². The van der Waals surface area contributed by atoms with Crippen LogP contribution in [0.3, 0.4) is 0 Å². The quantitative estimate of drug-likeness (QED) is 0.176. The number of rotatable bonds is 6. The van der Waals surface area contributed by atoms with E-state index >= 15 is 0 Å². The lowest BCUT2D eigenvalue weighted by molar-refractivity contribution is 1.16. The molecule has 2 nitrogen and oxygen atoms in total. The molecule has 1 heterocycles. The molecule has 9 rings (SSSR count). The van der Waals surface area contributed by atoms with Crippen LogP contribution in [-0.2, 0) is 6.42 Å². The second kappa shape index (κ2) is 13.5. The molecule has 2 aliphatic rings. The minimum atomic E-state index is 0.881. The Morgan fingerprint density at radius 3 is 2.00 bits per heavy atom. The van der Waals surface area contributed by atoms with Crippen molar-refractivity contribution in [2.24, 2.45) is 0 Å². The summed E-state index contributed by atoms with van der Waals surface area (Å²) in [5.41, 5.74) is 16.4. The Labute approximate surface area is 305 Å². The average Bonchev–Trinajstić information content (AvgIpc) is 3.21. The first-order valence-corrected chi connectivity index (χ1v) is 17.8. The second-order valence-corrected chi connectivity index (χ2v) is 13.4. The van der Waals surface area contributed by atoms with Crippen LogP contribution in [0.1, 0.15) is 22.3 Å². The summed E-state index contributed by atoms with van der Waals surface area (Å²) in [6, 6.07) is 52.1. The van der Waals surface area contributed by atoms with Gasteiger partial charge in [-0.1, -0.05) is 134 Å². The molecule has 0 aliphatic heterocycles. The zero-order chi connectivity index (χ0) is 34.9. The normalized spacial score (nSPS) is 13.4. The van der Waals surface area contributed by atoms with E-state index in [9.17, 15) is 0 Å². The first-order valence-electron chi connectivity index (χ1n) is 17.8. The number of para-hydroxylation sites is 1. The second-order valence-electron chi connectivity index (χ2n) is 13.4. The predicted molar refractivity (Wildman–Crippen MR) is 221 cm³/mol. The van der Waals surface area contributed by atoms with Gasteiger partial charge in [-0.3, -0.25) is 4.98 Å². The average molecular weight is 665 g/mol. The Morgan fingerprint density at radius 1 is 0.519 bits per heavy atom. The molecule has 2 aliphatic carbocycles. The standard InChI is InChI=1S/C50H36N2/c1-35-21-23-39-31-43(32-40-24-22-36(30-49(39)40)29-42(28-35)37-12-4-2-5-13-37)46-25-26-50(48-20-9-8-19-47(46)48)52(44-16-6-3-7-17-44)45-18-10-14-38(33-45)41-15-11-27-51-34-41/h2-29,31-34H,1,30H2. The van der Waals surface area contributed by atoms with Crippen molar-refractivity contribution < 1.29 is 0 Å². The van der Waals surface area contributed by atoms with Gasteiger partial charge in [0.25, 0.3) is 0 Å². The van der Waals surface area contributed by atoms with Crippen molar-refractivity contribution in [3.05, 3.63) is 222 Å². The SMILES string of the molecule is C=C1C=Cc2cc(-c3ccc(N(c4ccccc4)c4cccc(-c5cccnc5)c4)c4ccccc34)cc3c2CC(=CC(c2ccccc2)=C1)C=C3. The Kier molecular flexibility index (Phi) is 8.11. The lowest BCUT2D eigenvalue weighted by Gasteiger charge is -2.28. The van der Waals surface area contributed by atoms with Crippen LogP contribution in [0.25, 0.3) is 50.8 Å². The lowest BCUT2D eigenvalue weighted by atomic mass is 9.84. The fourth-order valence-electron chi connectivity index (χ4n) is 7.51. The highest BCUT2D eigenvalue weighted by molar-refractivity contribution is 6.06. The van der Waals surface area contributed by atoms with E-state index in [0.29, 0.717) is 0 Å². The van der Waals surface area contributed by atoms with Gasteiger partial charge in [-0.25, -0.2) is 0 Å². The van der Waals surface area contributed by atoms with E-state index in [0.717, 1.165) is 40.2 Å². The lowest BCUT2D eigenvalue weighted by Crippen LogP contribution is -2.10. The topological polar surface area (TPSA) is 16.1 Å². The zero-order valence-electron chi connectivity index (χ0n) is 28.8. The number of hydrogen-bond acceptors (Lipinski definition) is 2. The zero-order valence-corrected chi connectivity index (χ0v) is 28.8. The van der Waals surface area contributed by atoms with Crippen LogP contribution < -0.4 is 4.90 Å². The van der Waals surface area contributed by atoms with Crippen LogP contribution in [0.5, 0.6) is 0 Å². The smallest absolute Gasteiger partial charge is 0.0540 e. The van der Waals surface area contributed by atoms with Crippen LogP contribution in [0.2, 0.25) is 0 Å². The minimum absolute atomic E-state index is 0.881. The van der Waals surface area contributed by atoms with Crippen LogP contribution in [0.15, 0.2) is 200 Å². The van der Waals surface area contributed by atoms with Crippen molar-refractivity contribution in [3.63, 3.8) is 0 Å². The summed E-state index contributed by atoms with van der Waals surface area (Å²) in [5.74, 6) is 0. The number of pyridine rings is 1. The molecule has 2 heteroatoms. The van der Waals surface area contributed by atoms with E-state index in [4.69, 9.17) is 0 Å². The molecule has 7 aromatic rings. The summed E-state index contributed by atoms with van der Waals surface area (Å²) in [7, 11) is 0. The third-order valence-corrected chi connectivity index (χ3v) is 10.0. The van der Waals surface area contributed by atoms with Crippen molar-refractivity contribution in [2.45, 2.75) is 6.42 Å². The van der Waals surface area contributed by atoms with Gasteiger partial charge in [-0.15, -0.1) is 0 Å². The summed E-state index contributed by atoms with van der Waals surface area (Å²) in [6.45, 7) is 4.40. The molecule has 0 saturated heterocycles. The number of aromatic nitrogens is 1. The van der Waals surface area contributed by atoms with Crippen molar-refractivity contribution in [1.29, 1.82) is 0 Å². The molecular formula is C50H36N2. The summed E-state index contributed by atoms with van der Waals surface area (Å²) >= 11 is 0. The molecule has 0 atom stereocenters. The van der Waals surface area contributed by atoms with Gasteiger partial charge in [-0.2, -0.15) is 0 Å². The Bertz CT molecular complexity index is 2590. The first-order chi connectivity index (χ1) is 25.7. The third-order valence-electron chi connectivity index (χ3n) is 10.0. The number of hydrogen-bond donors (Lipinski definition) is 0. The van der Waals surface area contributed by atoms with Gasteiger partial charge in [0, 0.05) is 34.7 Å². The Morgan fingerprint density at radius 2 is 1.21 bits per heavy atom. The summed E-state index contributed by atoms with van der Waals surface area (Å²) in [6.07, 6.45) is 18.1. The van der Waals surface area contributed by atoms with Gasteiger partial charge in [-0.05, 0) is 122 Å². The maximum atomic E-state index is 4.40. The fourth-order valence-corrected chi connectivity index (χ4v) is 7.51. The highest BCUT2D eigenvalue weighted by atomic mass is 15.1. The summed E-state index contributed by atoms with van der Waals surface area (Å²) < 4.78 is 0. The van der Waals surface area contributed by atoms with E-state index in [1.54, 1.807) is 0 Å². The largest absolute Gasteiger partial charge is 0.310 e. The van der Waals surface area contributed by atoms with Gasteiger partial charge >= 0.3 is 0 Å². The molecular weight excluding hydrogens is 629 g/mol. The van der Waals surface area contributed by atoms with Crippen LogP contribution in [-0.4, -0.2) is 4.98 Å². The Balaban J connectivity index is 1.17. The van der Waals surface area contributed by atoms with E-state index in [1.165, 1.54) is 55.3 Å². The molecule has 52 heavy (non-hydrogen) atoms. The maximum Gasteiger partial charge on any atom is 0.0540 e. The van der Waals surface area contributed by atoms with Crippen LogP contribution in [0.4, 0.5) is 17.1 Å². The number of fused-ring (bicyclic) bond motifs is 2. The predicted octanol–water partition coefficient (Wildman–Crippen LogP) is 13.2. The van der Waals surface area contributed by atoms with E-state index < -0.39 is 0 Å². The highest BCUT2D eigenvalue weighted by Crippen LogP contribution is 2.44. The molecule has 0 fully saturated rings. The summed E-state index contributed by atoms with van der Waals surface area (Å²) in [5, 5.41) is 2.40. The molecule has 0 amide bonds. The number of nitrogens with zero attached hydrogens (tertiary/aromatic N) is 2. The molecule has 0 radical (unpaired) electrons. The van der Waals surface area contributed by atoms with Crippen molar-refractivity contribution in [1.82, 2.24) is 4.98 Å². The van der Waals surface area contributed by atoms with Gasteiger partial charge in [0.15, 0.2) is 0 Å². The molecule has 1 aromatic heterocycles. The van der Waals surface area contributed by atoms with E-state index in [2.05, 4.69) is 192 Å². The third kappa shape index (κ3) is 6.01. The van der Waals surface area contributed by atoms with Crippen molar-refractivity contribution in [2.75, 3.05) is 4.90 Å². The van der Waals surface area contributed by atoms with E-state index in [-0.39, 0.29) is 0 Å². The molecule has 0 unspecified atom stereocenters. The molecule has 6 aromatic carbocycles. The maximum absolute atomic E-state index is 4.40. The number of allylic oxidation sites excluding steroid dienone is 7. The van der Waals surface area contributed by atoms with Crippen molar-refractivity contribution in [3.8, 4) is 22.3 Å². The Hall–Kier alpha value is -6.77. The van der Waals surface area contributed by atoms with Crippen molar-refractivity contribution >= 4 is 45.6 Å². The highest BCUT2D eigenvalue weighted by Gasteiger charge is 2.20. The van der Waals surface area contributed by atoms with Crippen LogP contribution >= 0.6 is 0 Å². The first kappa shape index (κ1) is 31.2. The summed E-state index contributed by atoms with van der Waals surface area (Å²) in [4.78, 5) is 6.74. The monoisotopic (exact) mass is 664 g/mol. The molecule has 2 bridgehead atoms. The minimum Gasteiger partial charge on any atom is -0.310 e.